The molecule has 1 fully saturated rings. The van der Waals surface area contributed by atoms with E-state index in [2.05, 4.69) is 73.2 Å². The molecule has 3 heterocycles. The van der Waals surface area contributed by atoms with Gasteiger partial charge in [0.25, 0.3) is 0 Å². The van der Waals surface area contributed by atoms with Crippen LogP contribution in [0.2, 0.25) is 0 Å². The molecule has 1 aliphatic heterocycles. The van der Waals surface area contributed by atoms with Gasteiger partial charge < -0.3 is 27.1 Å². The second-order valence-electron chi connectivity index (χ2n) is 14.2. The molecule has 5 rings (SSSR count). The van der Waals surface area contributed by atoms with Crippen molar-refractivity contribution in [2.24, 2.45) is 22.4 Å². The third-order valence-electron chi connectivity index (χ3n) is 8.07. The fourth-order valence-electron chi connectivity index (χ4n) is 5.04. The number of sulfone groups is 1. The number of rotatable bonds is 10. The molecular formula is C35H50N8O3S. The molecule has 2 aromatic heterocycles. The Bertz CT molecular complexity index is 1820. The van der Waals surface area contributed by atoms with E-state index in [9.17, 15) is 13.2 Å². The van der Waals surface area contributed by atoms with Crippen LogP contribution in [0.25, 0.3) is 16.7 Å². The number of aliphatic imine (C=N–C) groups is 1. The first-order valence-corrected chi connectivity index (χ1v) is 17.7. The van der Waals surface area contributed by atoms with E-state index in [0.29, 0.717) is 17.1 Å². The number of fused-ring (bicyclic) bond motifs is 1. The average Bonchev–Trinajstić information content (AvgIpc) is 3.40. The van der Waals surface area contributed by atoms with Crippen LogP contribution >= 0.6 is 0 Å². The standard InChI is InChI=1S/C21H29N7O.C14H21NO2S/c1-21(2,3)17-11-15-13-28(20(29)27-18(15)26-17)16-7-5-14(6-8-16)12-24-9-4-10-25-19(22)23;1-14(2,3)12-4-6-13(7-5-12)18(16,17)10-11-8-15-9-11/h5-8,11,13,24H,4,9-10,12H2,1-3H3,(H4,22,23,25)(H,26,27,29);4-7,11,15H,8-10H2,1-3H3. The van der Waals surface area contributed by atoms with Gasteiger partial charge in [0.2, 0.25) is 0 Å². The van der Waals surface area contributed by atoms with Crippen LogP contribution in [0, 0.1) is 5.92 Å². The van der Waals surface area contributed by atoms with Crippen LogP contribution in [0.15, 0.2) is 75.5 Å². The second-order valence-corrected chi connectivity index (χ2v) is 16.2. The zero-order chi connectivity index (χ0) is 34.4. The van der Waals surface area contributed by atoms with Gasteiger partial charge in [-0.1, -0.05) is 65.8 Å². The van der Waals surface area contributed by atoms with Crippen molar-refractivity contribution >= 4 is 26.8 Å². The minimum Gasteiger partial charge on any atom is -0.370 e. The normalized spacial score (nSPS) is 13.9. The number of nitrogens with two attached hydrogens (primary N) is 2. The van der Waals surface area contributed by atoms with Crippen molar-refractivity contribution in [1.29, 1.82) is 0 Å². The number of benzene rings is 2. The number of aromatic amines is 1. The summed E-state index contributed by atoms with van der Waals surface area (Å²) in [7, 11) is -3.12. The summed E-state index contributed by atoms with van der Waals surface area (Å²) in [5.41, 5.74) is 15.1. The summed E-state index contributed by atoms with van der Waals surface area (Å²) in [4.78, 5) is 24.3. The molecule has 12 heteroatoms. The zero-order valence-corrected chi connectivity index (χ0v) is 29.2. The Morgan fingerprint density at radius 2 is 1.66 bits per heavy atom. The summed E-state index contributed by atoms with van der Waals surface area (Å²) in [6, 6.07) is 17.3. The number of nitrogens with zero attached hydrogens (tertiary/aromatic N) is 3. The maximum absolute atomic E-state index is 12.5. The quantitative estimate of drug-likeness (QED) is 0.0970. The molecule has 1 aliphatic rings. The van der Waals surface area contributed by atoms with Gasteiger partial charge in [-0.2, -0.15) is 4.98 Å². The molecular weight excluding hydrogens is 613 g/mol. The second kappa shape index (κ2) is 14.8. The molecule has 0 unspecified atom stereocenters. The van der Waals surface area contributed by atoms with Crippen LogP contribution in [0.1, 0.15) is 64.8 Å². The molecule has 11 nitrogen and oxygen atoms in total. The summed E-state index contributed by atoms with van der Waals surface area (Å²) in [6.45, 7) is 16.5. The fraction of sp³-hybridized carbons (Fsp3) is 0.457. The van der Waals surface area contributed by atoms with E-state index in [1.165, 1.54) is 0 Å². The lowest BCUT2D eigenvalue weighted by Gasteiger charge is -2.26. The molecule has 0 spiro atoms. The molecule has 47 heavy (non-hydrogen) atoms. The molecule has 0 radical (unpaired) electrons. The SMILES string of the molecule is CC(C)(C)c1cc2cn(-c3ccc(CNCCCN=C(N)N)cc3)c(=O)nc2[nH]1.CC(C)(C)c1ccc(S(=O)(=O)CC2CNC2)cc1. The van der Waals surface area contributed by atoms with Crippen molar-refractivity contribution in [1.82, 2.24) is 25.2 Å². The highest BCUT2D eigenvalue weighted by Crippen LogP contribution is 2.26. The first-order chi connectivity index (χ1) is 22.0. The molecule has 0 aliphatic carbocycles. The molecule has 1 saturated heterocycles. The molecule has 7 N–H and O–H groups in total. The number of hydrogen-bond acceptors (Lipinski definition) is 7. The Balaban J connectivity index is 0.000000238. The van der Waals surface area contributed by atoms with E-state index in [0.717, 1.165) is 60.5 Å². The Hall–Kier alpha value is -4.00. The number of aromatic nitrogens is 3. The Morgan fingerprint density at radius 1 is 1.00 bits per heavy atom. The first kappa shape index (κ1) is 35.8. The predicted molar refractivity (Wildman–Crippen MR) is 191 cm³/mol. The van der Waals surface area contributed by atoms with Gasteiger partial charge in [0.15, 0.2) is 15.8 Å². The lowest BCUT2D eigenvalue weighted by molar-refractivity contribution is 0.378. The molecule has 4 aromatic rings. The highest BCUT2D eigenvalue weighted by Gasteiger charge is 2.26. The summed E-state index contributed by atoms with van der Waals surface area (Å²) in [5, 5.41) is 7.37. The molecule has 2 aromatic carbocycles. The Labute approximate surface area is 278 Å². The van der Waals surface area contributed by atoms with Crippen LogP contribution in [0.4, 0.5) is 0 Å². The summed E-state index contributed by atoms with van der Waals surface area (Å²) in [5.74, 6) is 0.657. The van der Waals surface area contributed by atoms with Crippen LogP contribution < -0.4 is 27.8 Å². The largest absolute Gasteiger partial charge is 0.370 e. The molecule has 254 valence electrons. The minimum absolute atomic E-state index is 0.0352. The van der Waals surface area contributed by atoms with Gasteiger partial charge in [0.05, 0.1) is 16.3 Å². The van der Waals surface area contributed by atoms with Crippen molar-refractivity contribution in [3.63, 3.8) is 0 Å². The lowest BCUT2D eigenvalue weighted by Crippen LogP contribution is -2.45. The maximum atomic E-state index is 12.5. The maximum Gasteiger partial charge on any atom is 0.354 e. The topological polar surface area (TPSA) is 173 Å². The Morgan fingerprint density at radius 3 is 2.21 bits per heavy atom. The monoisotopic (exact) mass is 662 g/mol. The molecule has 0 amide bonds. The molecule has 0 atom stereocenters. The number of guanidine groups is 1. The zero-order valence-electron chi connectivity index (χ0n) is 28.4. The van der Waals surface area contributed by atoms with E-state index >= 15 is 0 Å². The lowest BCUT2D eigenvalue weighted by atomic mass is 9.87. The van der Waals surface area contributed by atoms with Gasteiger partial charge in [0.1, 0.15) is 5.65 Å². The van der Waals surface area contributed by atoms with Crippen molar-refractivity contribution < 1.29 is 8.42 Å². The summed E-state index contributed by atoms with van der Waals surface area (Å²) >= 11 is 0. The van der Waals surface area contributed by atoms with Crippen LogP contribution in [-0.4, -0.2) is 60.8 Å². The predicted octanol–water partition coefficient (Wildman–Crippen LogP) is 3.74. The summed E-state index contributed by atoms with van der Waals surface area (Å²) in [6.07, 6.45) is 2.71. The van der Waals surface area contributed by atoms with Crippen LogP contribution in [-0.2, 0) is 27.2 Å². The van der Waals surface area contributed by atoms with Gasteiger partial charge in [0, 0.05) is 48.9 Å². The van der Waals surface area contributed by atoms with E-state index in [1.54, 1.807) is 16.7 Å². The number of H-pyrrole nitrogens is 1. The number of nitrogens with one attached hydrogen (secondary N) is 3. The minimum atomic E-state index is -3.12. The number of hydrogen-bond donors (Lipinski definition) is 5. The van der Waals surface area contributed by atoms with Crippen LogP contribution in [0.5, 0.6) is 0 Å². The molecule has 0 bridgehead atoms. The smallest absolute Gasteiger partial charge is 0.354 e. The Kier molecular flexibility index (Phi) is 11.3. The van der Waals surface area contributed by atoms with Crippen LogP contribution in [0.3, 0.4) is 0 Å². The van der Waals surface area contributed by atoms with E-state index in [-0.39, 0.29) is 34.2 Å². The summed E-state index contributed by atoms with van der Waals surface area (Å²) < 4.78 is 25.9. The van der Waals surface area contributed by atoms with E-state index in [1.807, 2.05) is 42.6 Å². The van der Waals surface area contributed by atoms with Crippen molar-refractivity contribution in [2.45, 2.75) is 70.2 Å². The van der Waals surface area contributed by atoms with Crippen molar-refractivity contribution in [3.8, 4) is 5.69 Å². The molecule has 0 saturated carbocycles. The van der Waals surface area contributed by atoms with Gasteiger partial charge >= 0.3 is 5.69 Å². The first-order valence-electron chi connectivity index (χ1n) is 16.1. The van der Waals surface area contributed by atoms with Crippen molar-refractivity contribution in [2.75, 3.05) is 31.9 Å². The van der Waals surface area contributed by atoms with E-state index in [4.69, 9.17) is 11.5 Å². The van der Waals surface area contributed by atoms with Crippen molar-refractivity contribution in [3.05, 3.63) is 88.1 Å². The average molecular weight is 663 g/mol. The highest BCUT2D eigenvalue weighted by atomic mass is 32.2. The highest BCUT2D eigenvalue weighted by molar-refractivity contribution is 7.91. The van der Waals surface area contributed by atoms with Gasteiger partial charge in [-0.3, -0.25) is 9.56 Å². The van der Waals surface area contributed by atoms with E-state index < -0.39 is 9.84 Å². The van der Waals surface area contributed by atoms with Gasteiger partial charge in [-0.25, -0.2) is 13.2 Å². The van der Waals surface area contributed by atoms with Gasteiger partial charge in [-0.15, -0.1) is 0 Å². The third-order valence-corrected chi connectivity index (χ3v) is 9.97. The van der Waals surface area contributed by atoms with Gasteiger partial charge in [-0.05, 0) is 65.8 Å². The fourth-order valence-corrected chi connectivity index (χ4v) is 6.64. The third kappa shape index (κ3) is 9.99.